The summed E-state index contributed by atoms with van der Waals surface area (Å²) < 4.78 is 11.4. The van der Waals surface area contributed by atoms with Crippen LogP contribution in [0.1, 0.15) is 117 Å². The van der Waals surface area contributed by atoms with Gasteiger partial charge in [0.1, 0.15) is 0 Å². The number of hydrogen-bond acceptors (Lipinski definition) is 3. The molecule has 0 rings (SSSR count). The van der Waals surface area contributed by atoms with Crippen molar-refractivity contribution in [3.05, 3.63) is 0 Å². The van der Waals surface area contributed by atoms with Crippen molar-refractivity contribution in [1.82, 2.24) is 5.32 Å². The van der Waals surface area contributed by atoms with Gasteiger partial charge in [-0.3, -0.25) is 0 Å². The van der Waals surface area contributed by atoms with Gasteiger partial charge in [0.15, 0.2) is 0 Å². The average molecular weight is 386 g/mol. The minimum absolute atomic E-state index is 0.900. The highest BCUT2D eigenvalue weighted by molar-refractivity contribution is 4.50. The second-order valence-electron chi connectivity index (χ2n) is 7.92. The van der Waals surface area contributed by atoms with E-state index in [0.29, 0.717) is 0 Å². The molecule has 0 unspecified atom stereocenters. The molecule has 0 saturated heterocycles. The summed E-state index contributed by atoms with van der Waals surface area (Å²) in [5, 5.41) is 3.49. The highest BCUT2D eigenvalue weighted by Gasteiger charge is 1.94. The standard InChI is InChI=1S/C24H51NO2/c1-3-5-7-9-11-13-15-21-26-23-17-19-25-20-18-24-27-22-16-14-12-10-8-6-4-2/h25H,3-24H2,1-2H3. The first-order valence-electron chi connectivity index (χ1n) is 12.3. The predicted molar refractivity (Wildman–Crippen MR) is 120 cm³/mol. The topological polar surface area (TPSA) is 30.5 Å². The number of ether oxygens (including phenoxy) is 2. The van der Waals surface area contributed by atoms with E-state index in [4.69, 9.17) is 9.47 Å². The maximum atomic E-state index is 5.71. The summed E-state index contributed by atoms with van der Waals surface area (Å²) in [6.45, 7) is 10.4. The van der Waals surface area contributed by atoms with Crippen molar-refractivity contribution in [2.75, 3.05) is 39.5 Å². The fraction of sp³-hybridized carbons (Fsp3) is 1.00. The maximum absolute atomic E-state index is 5.71. The van der Waals surface area contributed by atoms with Gasteiger partial charge in [-0.05, 0) is 38.8 Å². The lowest BCUT2D eigenvalue weighted by Crippen LogP contribution is -2.19. The van der Waals surface area contributed by atoms with Crippen molar-refractivity contribution in [3.63, 3.8) is 0 Å². The Bertz CT molecular complexity index is 225. The Kier molecular flexibility index (Phi) is 25.8. The summed E-state index contributed by atoms with van der Waals surface area (Å²) in [5.74, 6) is 0. The van der Waals surface area contributed by atoms with Crippen LogP contribution in [-0.4, -0.2) is 39.5 Å². The van der Waals surface area contributed by atoms with Gasteiger partial charge in [-0.15, -0.1) is 0 Å². The van der Waals surface area contributed by atoms with Crippen LogP contribution < -0.4 is 5.32 Å². The quantitative estimate of drug-likeness (QED) is 0.183. The van der Waals surface area contributed by atoms with Gasteiger partial charge in [-0.1, -0.05) is 90.9 Å². The Labute approximate surface area is 171 Å². The minimum Gasteiger partial charge on any atom is -0.381 e. The minimum atomic E-state index is 0.900. The molecule has 0 heterocycles. The molecule has 0 atom stereocenters. The molecule has 0 aliphatic rings. The first-order chi connectivity index (χ1) is 13.4. The van der Waals surface area contributed by atoms with Crippen LogP contribution in [0.4, 0.5) is 0 Å². The van der Waals surface area contributed by atoms with Gasteiger partial charge in [-0.25, -0.2) is 0 Å². The monoisotopic (exact) mass is 385 g/mol. The summed E-state index contributed by atoms with van der Waals surface area (Å²) in [5.41, 5.74) is 0. The first-order valence-corrected chi connectivity index (χ1v) is 12.3. The number of nitrogens with one attached hydrogen (secondary N) is 1. The molecular weight excluding hydrogens is 334 g/mol. The lowest BCUT2D eigenvalue weighted by Gasteiger charge is -2.07. The van der Waals surface area contributed by atoms with E-state index >= 15 is 0 Å². The van der Waals surface area contributed by atoms with Crippen LogP contribution in [0.3, 0.4) is 0 Å². The van der Waals surface area contributed by atoms with Crippen LogP contribution in [0, 0.1) is 0 Å². The number of rotatable bonds is 24. The highest BCUT2D eigenvalue weighted by Crippen LogP contribution is 2.07. The third-order valence-corrected chi connectivity index (χ3v) is 5.07. The van der Waals surface area contributed by atoms with E-state index in [1.54, 1.807) is 0 Å². The van der Waals surface area contributed by atoms with Gasteiger partial charge in [0.25, 0.3) is 0 Å². The molecule has 0 amide bonds. The van der Waals surface area contributed by atoms with Crippen molar-refractivity contribution in [1.29, 1.82) is 0 Å². The van der Waals surface area contributed by atoms with Crippen molar-refractivity contribution in [2.24, 2.45) is 0 Å². The van der Waals surface area contributed by atoms with E-state index in [2.05, 4.69) is 19.2 Å². The summed E-state index contributed by atoms with van der Waals surface area (Å²) in [6, 6.07) is 0. The summed E-state index contributed by atoms with van der Waals surface area (Å²) in [7, 11) is 0. The molecule has 0 fully saturated rings. The van der Waals surface area contributed by atoms with Gasteiger partial charge in [0.05, 0.1) is 0 Å². The zero-order valence-electron chi connectivity index (χ0n) is 18.9. The maximum Gasteiger partial charge on any atom is 0.0478 e. The van der Waals surface area contributed by atoms with Gasteiger partial charge in [0, 0.05) is 26.4 Å². The molecule has 0 saturated carbocycles. The van der Waals surface area contributed by atoms with Gasteiger partial charge < -0.3 is 14.8 Å². The highest BCUT2D eigenvalue weighted by atomic mass is 16.5. The first kappa shape index (κ1) is 26.9. The lowest BCUT2D eigenvalue weighted by molar-refractivity contribution is 0.123. The van der Waals surface area contributed by atoms with E-state index in [1.807, 2.05) is 0 Å². The zero-order valence-corrected chi connectivity index (χ0v) is 18.9. The molecule has 0 bridgehead atoms. The molecule has 0 aliphatic heterocycles. The Morgan fingerprint density at radius 3 is 1.15 bits per heavy atom. The average Bonchev–Trinajstić information content (AvgIpc) is 2.68. The number of hydrogen-bond donors (Lipinski definition) is 1. The molecule has 0 aromatic heterocycles. The van der Waals surface area contributed by atoms with E-state index in [1.165, 1.54) is 89.9 Å². The molecule has 164 valence electrons. The third-order valence-electron chi connectivity index (χ3n) is 5.07. The van der Waals surface area contributed by atoms with Crippen molar-refractivity contribution in [2.45, 2.75) is 117 Å². The summed E-state index contributed by atoms with van der Waals surface area (Å²) in [6.07, 6.45) is 21.2. The van der Waals surface area contributed by atoms with Gasteiger partial charge in [-0.2, -0.15) is 0 Å². The summed E-state index contributed by atoms with van der Waals surface area (Å²) in [4.78, 5) is 0. The molecule has 1 N–H and O–H groups in total. The van der Waals surface area contributed by atoms with Crippen LogP contribution in [0.25, 0.3) is 0 Å². The van der Waals surface area contributed by atoms with Crippen molar-refractivity contribution >= 4 is 0 Å². The molecule has 3 nitrogen and oxygen atoms in total. The SMILES string of the molecule is CCCCCCCCCOCCCNCCCOCCCCCCCCC. The summed E-state index contributed by atoms with van der Waals surface area (Å²) >= 11 is 0. The largest absolute Gasteiger partial charge is 0.381 e. The fourth-order valence-electron chi connectivity index (χ4n) is 3.25. The van der Waals surface area contributed by atoms with Crippen LogP contribution in [0.5, 0.6) is 0 Å². The Morgan fingerprint density at radius 1 is 0.407 bits per heavy atom. The second kappa shape index (κ2) is 25.9. The van der Waals surface area contributed by atoms with Crippen LogP contribution in [-0.2, 0) is 9.47 Å². The Balaban J connectivity index is 2.95. The molecular formula is C24H51NO2. The zero-order chi connectivity index (χ0) is 19.7. The molecule has 27 heavy (non-hydrogen) atoms. The Morgan fingerprint density at radius 2 is 0.741 bits per heavy atom. The molecule has 0 spiro atoms. The van der Waals surface area contributed by atoms with E-state index in [0.717, 1.165) is 52.4 Å². The van der Waals surface area contributed by atoms with Crippen LogP contribution in [0.2, 0.25) is 0 Å². The molecule has 3 heteroatoms. The normalized spacial score (nSPS) is 11.3. The molecule has 0 aromatic rings. The third kappa shape index (κ3) is 25.9. The Hall–Kier alpha value is -0.120. The van der Waals surface area contributed by atoms with Gasteiger partial charge in [0.2, 0.25) is 0 Å². The van der Waals surface area contributed by atoms with Crippen LogP contribution >= 0.6 is 0 Å². The second-order valence-corrected chi connectivity index (χ2v) is 7.92. The molecule has 0 aromatic carbocycles. The lowest BCUT2D eigenvalue weighted by atomic mass is 10.1. The van der Waals surface area contributed by atoms with E-state index < -0.39 is 0 Å². The predicted octanol–water partition coefficient (Wildman–Crippen LogP) is 6.89. The molecule has 0 aliphatic carbocycles. The number of unbranched alkanes of at least 4 members (excludes halogenated alkanes) is 12. The van der Waals surface area contributed by atoms with Crippen molar-refractivity contribution in [3.8, 4) is 0 Å². The van der Waals surface area contributed by atoms with Crippen molar-refractivity contribution < 1.29 is 9.47 Å². The van der Waals surface area contributed by atoms with Crippen LogP contribution in [0.15, 0.2) is 0 Å². The smallest absolute Gasteiger partial charge is 0.0478 e. The fourth-order valence-corrected chi connectivity index (χ4v) is 3.25. The van der Waals surface area contributed by atoms with Gasteiger partial charge >= 0.3 is 0 Å². The van der Waals surface area contributed by atoms with E-state index in [-0.39, 0.29) is 0 Å². The van der Waals surface area contributed by atoms with E-state index in [9.17, 15) is 0 Å². The molecule has 0 radical (unpaired) electrons.